The van der Waals surface area contributed by atoms with Crippen molar-refractivity contribution in [3.05, 3.63) is 83.3 Å². The van der Waals surface area contributed by atoms with Crippen LogP contribution in [0.5, 0.6) is 0 Å². The van der Waals surface area contributed by atoms with Crippen LogP contribution in [0.3, 0.4) is 0 Å². The van der Waals surface area contributed by atoms with Crippen molar-refractivity contribution in [1.29, 1.82) is 0 Å². The number of hydrogen-bond donors (Lipinski definition) is 0. The molecule has 0 atom stereocenters. The van der Waals surface area contributed by atoms with E-state index in [0.717, 1.165) is 24.4 Å². The molecule has 0 unspecified atom stereocenters. The van der Waals surface area contributed by atoms with Crippen LogP contribution in [0.2, 0.25) is 0 Å². The van der Waals surface area contributed by atoms with E-state index in [4.69, 9.17) is 4.74 Å². The molecule has 2 rings (SSSR count). The summed E-state index contributed by atoms with van der Waals surface area (Å²) in [6, 6.07) is 20.6. The summed E-state index contributed by atoms with van der Waals surface area (Å²) in [7, 11) is 0. The fourth-order valence-corrected chi connectivity index (χ4v) is 2.05. The highest BCUT2D eigenvalue weighted by atomic mass is 16.5. The standard InChI is InChI=1S/C20H22O/c1-3-19(15-17-11-7-5-8-12-17)21-20(4-2)16-18-13-9-6-10-14-18/h5-16H,3-4H2,1-2H3. The Bertz CT molecular complexity index is 539. The van der Waals surface area contributed by atoms with Gasteiger partial charge in [-0.25, -0.2) is 0 Å². The summed E-state index contributed by atoms with van der Waals surface area (Å²) in [6.07, 6.45) is 5.96. The monoisotopic (exact) mass is 278 g/mol. The van der Waals surface area contributed by atoms with Crippen molar-refractivity contribution in [2.75, 3.05) is 0 Å². The van der Waals surface area contributed by atoms with Crippen LogP contribution < -0.4 is 0 Å². The minimum Gasteiger partial charge on any atom is -0.466 e. The maximum absolute atomic E-state index is 6.08. The van der Waals surface area contributed by atoms with Gasteiger partial charge in [-0.1, -0.05) is 74.5 Å². The van der Waals surface area contributed by atoms with Gasteiger partial charge in [0.2, 0.25) is 0 Å². The quantitative estimate of drug-likeness (QED) is 0.597. The van der Waals surface area contributed by atoms with E-state index in [1.54, 1.807) is 0 Å². The molecule has 0 fully saturated rings. The van der Waals surface area contributed by atoms with Crippen molar-refractivity contribution >= 4 is 12.2 Å². The molecule has 0 radical (unpaired) electrons. The smallest absolute Gasteiger partial charge is 0.104 e. The molecule has 0 aromatic heterocycles. The Kier molecular flexibility index (Phi) is 5.83. The van der Waals surface area contributed by atoms with Gasteiger partial charge in [-0.3, -0.25) is 0 Å². The van der Waals surface area contributed by atoms with Crippen molar-refractivity contribution in [2.24, 2.45) is 0 Å². The number of rotatable bonds is 6. The highest BCUT2D eigenvalue weighted by molar-refractivity contribution is 5.53. The summed E-state index contributed by atoms with van der Waals surface area (Å²) >= 11 is 0. The molecule has 108 valence electrons. The first-order chi connectivity index (χ1) is 10.3. The Morgan fingerprint density at radius 3 is 1.43 bits per heavy atom. The molecule has 1 heteroatoms. The van der Waals surface area contributed by atoms with Crippen molar-refractivity contribution in [3.8, 4) is 0 Å². The third-order valence-electron chi connectivity index (χ3n) is 3.21. The molecule has 0 aliphatic rings. The lowest BCUT2D eigenvalue weighted by atomic mass is 10.1. The predicted octanol–water partition coefficient (Wildman–Crippen LogP) is 5.91. The van der Waals surface area contributed by atoms with Gasteiger partial charge in [0.05, 0.1) is 0 Å². The van der Waals surface area contributed by atoms with E-state index in [9.17, 15) is 0 Å². The van der Waals surface area contributed by atoms with Crippen molar-refractivity contribution in [3.63, 3.8) is 0 Å². The van der Waals surface area contributed by atoms with E-state index < -0.39 is 0 Å². The molecular formula is C20H22O. The van der Waals surface area contributed by atoms with Crippen LogP contribution in [0.4, 0.5) is 0 Å². The lowest BCUT2D eigenvalue weighted by Gasteiger charge is -2.11. The molecule has 0 saturated heterocycles. The van der Waals surface area contributed by atoms with E-state index >= 15 is 0 Å². The molecule has 0 aliphatic heterocycles. The van der Waals surface area contributed by atoms with Gasteiger partial charge in [0.15, 0.2) is 0 Å². The molecule has 2 aromatic carbocycles. The largest absolute Gasteiger partial charge is 0.466 e. The molecule has 0 bridgehead atoms. The third-order valence-corrected chi connectivity index (χ3v) is 3.21. The zero-order valence-electron chi connectivity index (χ0n) is 12.8. The van der Waals surface area contributed by atoms with Gasteiger partial charge < -0.3 is 4.74 Å². The van der Waals surface area contributed by atoms with E-state index in [0.29, 0.717) is 0 Å². The average Bonchev–Trinajstić information content (AvgIpc) is 2.55. The SMILES string of the molecule is CCC(=Cc1ccccc1)OC(=Cc1ccccc1)CC. The predicted molar refractivity (Wildman–Crippen MR) is 90.5 cm³/mol. The number of hydrogen-bond acceptors (Lipinski definition) is 1. The van der Waals surface area contributed by atoms with Gasteiger partial charge in [-0.15, -0.1) is 0 Å². The Balaban J connectivity index is 2.16. The normalized spacial score (nSPS) is 12.3. The topological polar surface area (TPSA) is 9.23 Å². The Labute approximate surface area is 127 Å². The Hall–Kier alpha value is -2.28. The van der Waals surface area contributed by atoms with Crippen LogP contribution in [-0.2, 0) is 4.74 Å². The van der Waals surface area contributed by atoms with Gasteiger partial charge in [-0.2, -0.15) is 0 Å². The maximum Gasteiger partial charge on any atom is 0.104 e. The zero-order chi connectivity index (χ0) is 14.9. The van der Waals surface area contributed by atoms with E-state index in [2.05, 4.69) is 50.3 Å². The van der Waals surface area contributed by atoms with Gasteiger partial charge >= 0.3 is 0 Å². The second-order valence-corrected chi connectivity index (χ2v) is 4.85. The van der Waals surface area contributed by atoms with E-state index in [1.807, 2.05) is 36.4 Å². The van der Waals surface area contributed by atoms with Gasteiger partial charge in [0, 0.05) is 12.8 Å². The van der Waals surface area contributed by atoms with Crippen LogP contribution in [-0.4, -0.2) is 0 Å². The molecule has 0 amide bonds. The first-order valence-corrected chi connectivity index (χ1v) is 7.51. The van der Waals surface area contributed by atoms with Crippen LogP contribution in [0.15, 0.2) is 72.2 Å². The van der Waals surface area contributed by atoms with Crippen LogP contribution in [0.25, 0.3) is 12.2 Å². The molecule has 1 nitrogen and oxygen atoms in total. The van der Waals surface area contributed by atoms with Crippen LogP contribution >= 0.6 is 0 Å². The number of ether oxygens (including phenoxy) is 1. The minimum atomic E-state index is 0.876. The van der Waals surface area contributed by atoms with Crippen LogP contribution in [0.1, 0.15) is 37.8 Å². The number of allylic oxidation sites excluding steroid dienone is 2. The highest BCUT2D eigenvalue weighted by Crippen LogP contribution is 2.19. The lowest BCUT2D eigenvalue weighted by molar-refractivity contribution is 0.291. The highest BCUT2D eigenvalue weighted by Gasteiger charge is 2.01. The number of benzene rings is 2. The second-order valence-electron chi connectivity index (χ2n) is 4.85. The Morgan fingerprint density at radius 1 is 0.714 bits per heavy atom. The summed E-state index contributed by atoms with van der Waals surface area (Å²) < 4.78 is 6.08. The summed E-state index contributed by atoms with van der Waals surface area (Å²) in [5.74, 6) is 1.98. The van der Waals surface area contributed by atoms with Crippen molar-refractivity contribution in [1.82, 2.24) is 0 Å². The molecule has 0 aliphatic carbocycles. The Morgan fingerprint density at radius 2 is 1.10 bits per heavy atom. The maximum atomic E-state index is 6.08. The first kappa shape index (κ1) is 15.1. The van der Waals surface area contributed by atoms with Crippen LogP contribution in [0, 0.1) is 0 Å². The molecule has 21 heavy (non-hydrogen) atoms. The van der Waals surface area contributed by atoms with Crippen molar-refractivity contribution < 1.29 is 4.74 Å². The second kappa shape index (κ2) is 8.11. The summed E-state index contributed by atoms with van der Waals surface area (Å²) in [4.78, 5) is 0. The fraction of sp³-hybridized carbons (Fsp3) is 0.200. The van der Waals surface area contributed by atoms with Gasteiger partial charge in [0.25, 0.3) is 0 Å². The molecule has 2 aromatic rings. The van der Waals surface area contributed by atoms with Gasteiger partial charge in [-0.05, 0) is 23.3 Å². The minimum absolute atomic E-state index is 0.876. The van der Waals surface area contributed by atoms with Crippen molar-refractivity contribution in [2.45, 2.75) is 26.7 Å². The molecule has 0 spiro atoms. The first-order valence-electron chi connectivity index (χ1n) is 7.51. The zero-order valence-corrected chi connectivity index (χ0v) is 12.8. The molecular weight excluding hydrogens is 256 g/mol. The summed E-state index contributed by atoms with van der Waals surface area (Å²) in [5.41, 5.74) is 2.34. The summed E-state index contributed by atoms with van der Waals surface area (Å²) in [6.45, 7) is 4.23. The molecule has 0 saturated carbocycles. The van der Waals surface area contributed by atoms with E-state index in [1.165, 1.54) is 11.1 Å². The lowest BCUT2D eigenvalue weighted by Crippen LogP contribution is -1.92. The van der Waals surface area contributed by atoms with E-state index in [-0.39, 0.29) is 0 Å². The summed E-state index contributed by atoms with van der Waals surface area (Å²) in [5, 5.41) is 0. The molecule has 0 N–H and O–H groups in total. The molecule has 0 heterocycles. The average molecular weight is 278 g/mol. The van der Waals surface area contributed by atoms with Gasteiger partial charge in [0.1, 0.15) is 11.5 Å². The fourth-order valence-electron chi connectivity index (χ4n) is 2.05. The third kappa shape index (κ3) is 4.96.